The summed E-state index contributed by atoms with van der Waals surface area (Å²) in [6.45, 7) is 2.80. The first-order valence-corrected chi connectivity index (χ1v) is 6.84. The van der Waals surface area contributed by atoms with Crippen molar-refractivity contribution >= 4 is 40.6 Å². The average molecular weight is 272 g/mol. The molecule has 0 atom stereocenters. The third kappa shape index (κ3) is 2.87. The van der Waals surface area contributed by atoms with Crippen LogP contribution in [0.25, 0.3) is 0 Å². The van der Waals surface area contributed by atoms with Crippen LogP contribution in [0, 0.1) is 0 Å². The first-order valence-electron chi connectivity index (χ1n) is 4.77. The van der Waals surface area contributed by atoms with Gasteiger partial charge in [-0.1, -0.05) is 29.4 Å². The molecule has 0 aliphatic rings. The van der Waals surface area contributed by atoms with Crippen molar-refractivity contribution in [2.24, 2.45) is 0 Å². The predicted molar refractivity (Wildman–Crippen MR) is 69.6 cm³/mol. The number of halogens is 1. The minimum absolute atomic E-state index is 0.583. The van der Waals surface area contributed by atoms with Gasteiger partial charge in [0.25, 0.3) is 0 Å². The molecule has 0 aliphatic carbocycles. The number of nitrogens with zero attached hydrogens (tertiary/aromatic N) is 2. The van der Waals surface area contributed by atoms with Gasteiger partial charge >= 0.3 is 0 Å². The van der Waals surface area contributed by atoms with Gasteiger partial charge in [-0.25, -0.2) is 9.97 Å². The Kier molecular flexibility index (Phi) is 4.04. The lowest BCUT2D eigenvalue weighted by molar-refractivity contribution is 1.02. The van der Waals surface area contributed by atoms with Crippen molar-refractivity contribution in [2.75, 3.05) is 11.9 Å². The maximum absolute atomic E-state index is 6.04. The van der Waals surface area contributed by atoms with Gasteiger partial charge in [-0.3, -0.25) is 0 Å². The summed E-state index contributed by atoms with van der Waals surface area (Å²) in [7, 11) is 0. The van der Waals surface area contributed by atoms with Gasteiger partial charge in [0.2, 0.25) is 5.95 Å². The van der Waals surface area contributed by atoms with E-state index in [9.17, 15) is 0 Å². The molecular weight excluding hydrogens is 262 g/mol. The number of anilines is 1. The van der Waals surface area contributed by atoms with Crippen LogP contribution < -0.4 is 5.32 Å². The molecule has 0 bridgehead atoms. The molecule has 0 saturated heterocycles. The first-order chi connectivity index (χ1) is 7.79. The van der Waals surface area contributed by atoms with Crippen LogP contribution in [0.4, 0.5) is 5.95 Å². The summed E-state index contributed by atoms with van der Waals surface area (Å²) in [6.07, 6.45) is 1.63. The summed E-state index contributed by atoms with van der Waals surface area (Å²) < 4.78 is 1.17. The summed E-state index contributed by atoms with van der Waals surface area (Å²) in [5.41, 5.74) is 0. The normalized spacial score (nSPS) is 10.4. The highest BCUT2D eigenvalue weighted by Crippen LogP contribution is 2.34. The summed E-state index contributed by atoms with van der Waals surface area (Å²) in [4.78, 5) is 8.45. The molecule has 2 aromatic heterocycles. The quantitative estimate of drug-likeness (QED) is 0.859. The van der Waals surface area contributed by atoms with E-state index in [2.05, 4.69) is 15.3 Å². The molecule has 3 nitrogen and oxygen atoms in total. The summed E-state index contributed by atoms with van der Waals surface area (Å²) in [5, 5.41) is 6.46. The minimum atomic E-state index is 0.583. The van der Waals surface area contributed by atoms with E-state index < -0.39 is 0 Å². The Bertz CT molecular complexity index is 459. The molecule has 0 spiro atoms. The zero-order valence-electron chi connectivity index (χ0n) is 8.61. The number of rotatable bonds is 4. The van der Waals surface area contributed by atoms with Gasteiger partial charge < -0.3 is 5.32 Å². The van der Waals surface area contributed by atoms with Crippen molar-refractivity contribution in [3.05, 3.63) is 28.7 Å². The zero-order chi connectivity index (χ0) is 11.4. The van der Waals surface area contributed by atoms with Crippen molar-refractivity contribution in [1.29, 1.82) is 0 Å². The highest BCUT2D eigenvalue weighted by molar-refractivity contribution is 8.01. The van der Waals surface area contributed by atoms with E-state index >= 15 is 0 Å². The Hall–Kier alpha value is -0.780. The summed E-state index contributed by atoms with van der Waals surface area (Å²) >= 11 is 9.27. The molecule has 0 saturated carbocycles. The molecule has 1 N–H and O–H groups in total. The fraction of sp³-hybridized carbons (Fsp3) is 0.200. The molecule has 0 radical (unpaired) electrons. The van der Waals surface area contributed by atoms with Crippen molar-refractivity contribution in [2.45, 2.75) is 16.2 Å². The van der Waals surface area contributed by atoms with Crippen molar-refractivity contribution < 1.29 is 0 Å². The number of hydrogen-bond donors (Lipinski definition) is 1. The van der Waals surface area contributed by atoms with E-state index in [1.165, 1.54) is 4.21 Å². The number of aromatic nitrogens is 2. The molecular formula is C10H10ClN3S2. The molecule has 0 fully saturated rings. The van der Waals surface area contributed by atoms with Crippen LogP contribution >= 0.6 is 34.7 Å². The third-order valence-corrected chi connectivity index (χ3v) is 4.17. The van der Waals surface area contributed by atoms with Gasteiger partial charge in [0, 0.05) is 6.54 Å². The number of nitrogens with one attached hydrogen (secondary N) is 1. The Balaban J connectivity index is 2.21. The molecule has 2 aromatic rings. The summed E-state index contributed by atoms with van der Waals surface area (Å²) in [6, 6.07) is 4.05. The zero-order valence-corrected chi connectivity index (χ0v) is 11.0. The molecule has 0 unspecified atom stereocenters. The molecule has 0 aliphatic heterocycles. The van der Waals surface area contributed by atoms with E-state index in [4.69, 9.17) is 11.6 Å². The van der Waals surface area contributed by atoms with E-state index in [1.807, 2.05) is 24.4 Å². The van der Waals surface area contributed by atoms with E-state index in [0.29, 0.717) is 11.0 Å². The minimum Gasteiger partial charge on any atom is -0.354 e. The van der Waals surface area contributed by atoms with Crippen LogP contribution in [-0.4, -0.2) is 16.5 Å². The van der Waals surface area contributed by atoms with Crippen LogP contribution in [0.2, 0.25) is 5.02 Å². The fourth-order valence-corrected chi connectivity index (χ4v) is 2.95. The largest absolute Gasteiger partial charge is 0.354 e. The second-order valence-electron chi connectivity index (χ2n) is 2.91. The van der Waals surface area contributed by atoms with Gasteiger partial charge in [-0.15, -0.1) is 11.3 Å². The van der Waals surface area contributed by atoms with Crippen molar-refractivity contribution in [3.63, 3.8) is 0 Å². The first kappa shape index (κ1) is 11.7. The van der Waals surface area contributed by atoms with Gasteiger partial charge in [0.1, 0.15) is 5.03 Å². The molecule has 2 heterocycles. The average Bonchev–Trinajstić information content (AvgIpc) is 2.76. The maximum Gasteiger partial charge on any atom is 0.223 e. The van der Waals surface area contributed by atoms with E-state index in [1.54, 1.807) is 29.3 Å². The molecule has 0 amide bonds. The second-order valence-corrected chi connectivity index (χ2v) is 5.56. The lowest BCUT2D eigenvalue weighted by Gasteiger charge is -2.04. The van der Waals surface area contributed by atoms with Gasteiger partial charge in [-0.05, 0) is 18.4 Å². The van der Waals surface area contributed by atoms with Gasteiger partial charge in [0.15, 0.2) is 0 Å². The molecule has 2 rings (SSSR count). The Morgan fingerprint density at radius 2 is 2.44 bits per heavy atom. The Morgan fingerprint density at radius 3 is 3.12 bits per heavy atom. The number of thiophene rings is 1. The Morgan fingerprint density at radius 1 is 1.56 bits per heavy atom. The van der Waals surface area contributed by atoms with Crippen LogP contribution in [0.1, 0.15) is 6.92 Å². The topological polar surface area (TPSA) is 37.8 Å². The van der Waals surface area contributed by atoms with Gasteiger partial charge in [0.05, 0.1) is 15.4 Å². The second kappa shape index (κ2) is 5.52. The number of hydrogen-bond acceptors (Lipinski definition) is 5. The molecule has 16 heavy (non-hydrogen) atoms. The molecule has 0 aromatic carbocycles. The smallest absolute Gasteiger partial charge is 0.223 e. The van der Waals surface area contributed by atoms with Crippen LogP contribution in [0.3, 0.4) is 0 Å². The lowest BCUT2D eigenvalue weighted by Crippen LogP contribution is -2.02. The third-order valence-electron chi connectivity index (χ3n) is 1.74. The SMILES string of the molecule is CCNc1ncc(Cl)c(Sc2cccs2)n1. The predicted octanol–water partition coefficient (Wildman–Crippen LogP) is 3.77. The van der Waals surface area contributed by atoms with Gasteiger partial charge in [-0.2, -0.15) is 0 Å². The maximum atomic E-state index is 6.04. The summed E-state index contributed by atoms with van der Waals surface area (Å²) in [5.74, 6) is 0.617. The van der Waals surface area contributed by atoms with Crippen molar-refractivity contribution in [1.82, 2.24) is 9.97 Å². The fourth-order valence-electron chi connectivity index (χ4n) is 1.08. The Labute approximate surface area is 107 Å². The molecule has 84 valence electrons. The van der Waals surface area contributed by atoms with Crippen molar-refractivity contribution in [3.8, 4) is 0 Å². The monoisotopic (exact) mass is 271 g/mol. The lowest BCUT2D eigenvalue weighted by atomic mass is 10.6. The van der Waals surface area contributed by atoms with E-state index in [0.717, 1.165) is 11.6 Å². The highest BCUT2D eigenvalue weighted by atomic mass is 35.5. The van der Waals surface area contributed by atoms with Crippen LogP contribution in [0.5, 0.6) is 0 Å². The van der Waals surface area contributed by atoms with Crippen LogP contribution in [0.15, 0.2) is 32.9 Å². The standard InChI is InChI=1S/C10H10ClN3S2/c1-2-12-10-13-6-7(11)9(14-10)16-8-4-3-5-15-8/h3-6H,2H2,1H3,(H,12,13,14). The highest BCUT2D eigenvalue weighted by Gasteiger charge is 2.07. The molecule has 6 heteroatoms. The van der Waals surface area contributed by atoms with E-state index in [-0.39, 0.29) is 0 Å². The van der Waals surface area contributed by atoms with Crippen LogP contribution in [-0.2, 0) is 0 Å².